The highest BCUT2D eigenvalue weighted by atomic mass is 16.4. The molecule has 0 unspecified atom stereocenters. The van der Waals surface area contributed by atoms with Crippen LogP contribution in [0.2, 0.25) is 0 Å². The summed E-state index contributed by atoms with van der Waals surface area (Å²) in [6, 6.07) is 25.9. The second-order valence-electron chi connectivity index (χ2n) is 15.2. The second-order valence-corrected chi connectivity index (χ2v) is 15.2. The van der Waals surface area contributed by atoms with Crippen LogP contribution in [0.15, 0.2) is 97.2 Å². The maximum absolute atomic E-state index is 13.9. The van der Waals surface area contributed by atoms with Crippen LogP contribution in [-0.2, 0) is 38.4 Å². The fourth-order valence-corrected chi connectivity index (χ4v) is 6.44. The Kier molecular flexibility index (Phi) is 19.3. The number of amides is 4. The molecule has 1 aromatic heterocycles. The number of aryl methyl sites for hydroxylation is 2. The van der Waals surface area contributed by atoms with Crippen LogP contribution in [0.5, 0.6) is 0 Å². The molecule has 0 spiro atoms. The van der Waals surface area contributed by atoms with Crippen molar-refractivity contribution >= 4 is 29.6 Å². The summed E-state index contributed by atoms with van der Waals surface area (Å²) in [5, 5.41) is 28.9. The number of aliphatic carboxylic acids is 1. The van der Waals surface area contributed by atoms with Gasteiger partial charge in [-0.05, 0) is 67.3 Å². The molecule has 58 heavy (non-hydrogen) atoms. The van der Waals surface area contributed by atoms with Gasteiger partial charge in [-0.15, -0.1) is 0 Å². The van der Waals surface area contributed by atoms with Crippen molar-refractivity contribution in [2.24, 2.45) is 17.6 Å². The first kappa shape index (κ1) is 46.6. The second kappa shape index (κ2) is 24.1. The van der Waals surface area contributed by atoms with Crippen LogP contribution >= 0.6 is 0 Å². The number of nitrogens with zero attached hydrogens (tertiary/aromatic N) is 2. The number of hydrogen-bond donors (Lipinski definition) is 6. The Morgan fingerprint density at radius 3 is 1.84 bits per heavy atom. The molecule has 0 radical (unpaired) electrons. The number of aromatic nitrogens is 2. The molecule has 7 N–H and O–H groups in total. The van der Waals surface area contributed by atoms with Crippen molar-refractivity contribution in [2.75, 3.05) is 0 Å². The molecule has 312 valence electrons. The zero-order valence-corrected chi connectivity index (χ0v) is 34.3. The van der Waals surface area contributed by atoms with Crippen LogP contribution in [0, 0.1) is 11.8 Å². The Bertz CT molecular complexity index is 1880. The molecule has 0 aliphatic heterocycles. The molecule has 4 rings (SSSR count). The molecule has 3 aromatic carbocycles. The Hall–Kier alpha value is -5.82. The van der Waals surface area contributed by atoms with Gasteiger partial charge < -0.3 is 36.5 Å². The number of carbonyl (C=O) groups is 5. The van der Waals surface area contributed by atoms with Gasteiger partial charge in [-0.1, -0.05) is 101 Å². The van der Waals surface area contributed by atoms with E-state index in [-0.39, 0.29) is 42.9 Å². The van der Waals surface area contributed by atoms with Gasteiger partial charge in [0.15, 0.2) is 0 Å². The van der Waals surface area contributed by atoms with Gasteiger partial charge in [0.2, 0.25) is 23.6 Å². The van der Waals surface area contributed by atoms with E-state index in [1.54, 1.807) is 37.4 Å². The summed E-state index contributed by atoms with van der Waals surface area (Å²) in [5.74, 6) is -2.01. The molecule has 4 amide bonds. The minimum Gasteiger partial charge on any atom is -0.480 e. The van der Waals surface area contributed by atoms with Crippen molar-refractivity contribution in [1.82, 2.24) is 25.5 Å². The van der Waals surface area contributed by atoms with Crippen molar-refractivity contribution < 1.29 is 34.2 Å². The molecule has 13 nitrogen and oxygen atoms in total. The van der Waals surface area contributed by atoms with Gasteiger partial charge in [-0.3, -0.25) is 19.2 Å². The topological polar surface area (TPSA) is 206 Å². The third-order valence-electron chi connectivity index (χ3n) is 9.33. The number of rotatable bonds is 21. The Morgan fingerprint density at radius 2 is 1.31 bits per heavy atom. The maximum Gasteiger partial charge on any atom is 0.326 e. The van der Waals surface area contributed by atoms with Crippen molar-refractivity contribution in [3.63, 3.8) is 0 Å². The zero-order chi connectivity index (χ0) is 42.6. The molecular weight excluding hydrogens is 737 g/mol. The average Bonchev–Trinajstić information content (AvgIpc) is 3.59. The Labute approximate surface area is 341 Å². The molecule has 0 fully saturated rings. The van der Waals surface area contributed by atoms with E-state index in [2.05, 4.69) is 28.1 Å². The van der Waals surface area contributed by atoms with Crippen LogP contribution in [-0.4, -0.2) is 73.6 Å². The molecule has 13 heteroatoms. The van der Waals surface area contributed by atoms with Crippen LogP contribution < -0.4 is 21.7 Å². The summed E-state index contributed by atoms with van der Waals surface area (Å²) in [6.45, 7) is 9.29. The van der Waals surface area contributed by atoms with Gasteiger partial charge in [0, 0.05) is 42.4 Å². The van der Waals surface area contributed by atoms with Crippen molar-refractivity contribution in [3.8, 4) is 5.69 Å². The largest absolute Gasteiger partial charge is 0.480 e. The summed E-state index contributed by atoms with van der Waals surface area (Å²) in [6.07, 6.45) is 3.44. The zero-order valence-electron chi connectivity index (χ0n) is 34.3. The van der Waals surface area contributed by atoms with E-state index in [1.165, 1.54) is 5.56 Å². The number of carbonyl (C=O) groups excluding carboxylic acids is 4. The number of para-hydroxylation sites is 1. The third-order valence-corrected chi connectivity index (χ3v) is 9.33. The van der Waals surface area contributed by atoms with Gasteiger partial charge in [0.1, 0.15) is 17.9 Å². The number of aliphatic hydroxyl groups is 1. The smallest absolute Gasteiger partial charge is 0.326 e. The number of imidazole rings is 1. The molecular formula is C45H60N6O7. The standard InChI is InChI=1S/C38H53N5O6.C7H7NO/c1-6-35(45)40-31(37(47)42-30(20-25(2)3)33(44)23-36(46)41-32(38(48)49)21-26(4)5)22-29-24-39-34(43(29)28-17-11-8-12-18-28)19-13-16-27-14-9-7-10-15-27;8-7(9)6-4-2-1-3-5-6/h7-12,14-15,17-18,24-26,30-33,44H,6,13,16,19-23H2,1-5H3,(H,40,45)(H,41,46)(H,42,47)(H,48,49);1-5H,(H2,8,9)/t30-,31-,32-,33-;/m0./s1. The molecule has 0 bridgehead atoms. The normalized spacial score (nSPS) is 13.0. The predicted octanol–water partition coefficient (Wildman–Crippen LogP) is 5.17. The first-order chi connectivity index (χ1) is 27.7. The van der Waals surface area contributed by atoms with Crippen LogP contribution in [0.3, 0.4) is 0 Å². The van der Waals surface area contributed by atoms with E-state index in [0.29, 0.717) is 18.4 Å². The Balaban J connectivity index is 0.000000878. The number of nitrogens with one attached hydrogen (secondary N) is 3. The van der Waals surface area contributed by atoms with E-state index < -0.39 is 48.4 Å². The summed E-state index contributed by atoms with van der Waals surface area (Å²) in [5.41, 5.74) is 8.40. The molecule has 4 atom stereocenters. The van der Waals surface area contributed by atoms with Gasteiger partial charge in [-0.2, -0.15) is 0 Å². The minimum atomic E-state index is -1.28. The highest BCUT2D eigenvalue weighted by Crippen LogP contribution is 2.20. The summed E-state index contributed by atoms with van der Waals surface area (Å²) < 4.78 is 2.03. The van der Waals surface area contributed by atoms with Gasteiger partial charge in [-0.25, -0.2) is 9.78 Å². The van der Waals surface area contributed by atoms with Crippen molar-refractivity contribution in [1.29, 1.82) is 0 Å². The number of aliphatic hydroxyl groups excluding tert-OH is 1. The van der Waals surface area contributed by atoms with E-state index >= 15 is 0 Å². The van der Waals surface area contributed by atoms with E-state index in [0.717, 1.165) is 30.0 Å². The molecule has 4 aromatic rings. The van der Waals surface area contributed by atoms with E-state index in [1.807, 2.05) is 86.9 Å². The van der Waals surface area contributed by atoms with Gasteiger partial charge in [0.05, 0.1) is 18.6 Å². The SMILES string of the molecule is CCC(=O)N[C@@H](Cc1cnc(CCCc2ccccc2)n1-c1ccccc1)C(=O)N[C@@H](CC(C)C)[C@@H](O)CC(=O)N[C@@H](CC(C)C)C(=O)O.NC(=O)c1ccccc1. The fraction of sp³-hybridized carbons (Fsp3) is 0.422. The highest BCUT2D eigenvalue weighted by Gasteiger charge is 2.31. The number of carboxylic acid groups (broad SMARTS) is 1. The molecule has 1 heterocycles. The van der Waals surface area contributed by atoms with E-state index in [9.17, 15) is 34.2 Å². The highest BCUT2D eigenvalue weighted by molar-refractivity contribution is 5.92. The number of carboxylic acids is 1. The molecule has 0 saturated heterocycles. The number of benzene rings is 3. The lowest BCUT2D eigenvalue weighted by Crippen LogP contribution is -2.54. The van der Waals surface area contributed by atoms with Gasteiger partial charge >= 0.3 is 5.97 Å². The lowest BCUT2D eigenvalue weighted by Gasteiger charge is -2.28. The average molecular weight is 797 g/mol. The Morgan fingerprint density at radius 1 is 0.741 bits per heavy atom. The van der Waals surface area contributed by atoms with Crippen LogP contribution in [0.25, 0.3) is 5.69 Å². The fourth-order valence-electron chi connectivity index (χ4n) is 6.44. The van der Waals surface area contributed by atoms with E-state index in [4.69, 9.17) is 10.7 Å². The number of nitrogens with two attached hydrogens (primary N) is 1. The maximum atomic E-state index is 13.9. The lowest BCUT2D eigenvalue weighted by atomic mass is 9.96. The molecule has 0 aliphatic carbocycles. The minimum absolute atomic E-state index is 0.0399. The summed E-state index contributed by atoms with van der Waals surface area (Å²) >= 11 is 0. The first-order valence-electron chi connectivity index (χ1n) is 20.0. The monoisotopic (exact) mass is 796 g/mol. The molecule has 0 aliphatic rings. The quantitative estimate of drug-likeness (QED) is 0.0662. The van der Waals surface area contributed by atoms with Crippen LogP contribution in [0.1, 0.15) is 94.2 Å². The van der Waals surface area contributed by atoms with Crippen LogP contribution in [0.4, 0.5) is 0 Å². The predicted molar refractivity (Wildman–Crippen MR) is 224 cm³/mol. The lowest BCUT2D eigenvalue weighted by molar-refractivity contribution is -0.142. The number of primary amides is 1. The third kappa shape index (κ3) is 16.0. The molecule has 0 saturated carbocycles. The summed E-state index contributed by atoms with van der Waals surface area (Å²) in [4.78, 5) is 66.2. The van der Waals surface area contributed by atoms with Crippen molar-refractivity contribution in [3.05, 3.63) is 120 Å². The summed E-state index contributed by atoms with van der Waals surface area (Å²) in [7, 11) is 0. The number of hydrogen-bond acceptors (Lipinski definition) is 7. The first-order valence-corrected chi connectivity index (χ1v) is 20.0. The van der Waals surface area contributed by atoms with Crippen molar-refractivity contribution in [2.45, 2.75) is 110 Å². The van der Waals surface area contributed by atoms with Gasteiger partial charge in [0.25, 0.3) is 0 Å².